The first-order valence-corrected chi connectivity index (χ1v) is 10.1. The standard InChI is InChI=1S/C20H28N4O3S/c1-21-20(24-11-9-23(10-12-24)17-6-5-13-28-17)22-14-15-7-8-16(25-2)19(27-4)18(15)26-3/h5-8,13H,9-12,14H2,1-4H3,(H,21,22). The summed E-state index contributed by atoms with van der Waals surface area (Å²) in [5.41, 5.74) is 0.985. The summed E-state index contributed by atoms with van der Waals surface area (Å²) in [6.45, 7) is 4.42. The second-order valence-electron chi connectivity index (χ2n) is 6.32. The zero-order valence-electron chi connectivity index (χ0n) is 16.9. The summed E-state index contributed by atoms with van der Waals surface area (Å²) in [5.74, 6) is 2.82. The van der Waals surface area contributed by atoms with Crippen LogP contribution in [0.3, 0.4) is 0 Å². The van der Waals surface area contributed by atoms with E-state index in [1.165, 1.54) is 5.00 Å². The van der Waals surface area contributed by atoms with E-state index in [2.05, 4.69) is 37.6 Å². The van der Waals surface area contributed by atoms with Crippen molar-refractivity contribution in [2.24, 2.45) is 4.99 Å². The molecule has 152 valence electrons. The van der Waals surface area contributed by atoms with Gasteiger partial charge in [0.2, 0.25) is 5.75 Å². The summed E-state index contributed by atoms with van der Waals surface area (Å²) in [6, 6.07) is 8.15. The van der Waals surface area contributed by atoms with Crippen molar-refractivity contribution in [1.82, 2.24) is 10.2 Å². The molecule has 0 unspecified atom stereocenters. The fourth-order valence-electron chi connectivity index (χ4n) is 3.40. The van der Waals surface area contributed by atoms with Crippen molar-refractivity contribution in [1.29, 1.82) is 0 Å². The van der Waals surface area contributed by atoms with Gasteiger partial charge in [0.05, 0.1) is 26.3 Å². The molecule has 1 fully saturated rings. The highest BCUT2D eigenvalue weighted by molar-refractivity contribution is 7.14. The first kappa shape index (κ1) is 20.1. The van der Waals surface area contributed by atoms with Crippen LogP contribution in [0.15, 0.2) is 34.6 Å². The molecule has 1 aliphatic heterocycles. The molecule has 0 bridgehead atoms. The number of nitrogens with zero attached hydrogens (tertiary/aromatic N) is 3. The van der Waals surface area contributed by atoms with E-state index in [9.17, 15) is 0 Å². The molecule has 0 aliphatic carbocycles. The number of nitrogens with one attached hydrogen (secondary N) is 1. The molecule has 28 heavy (non-hydrogen) atoms. The molecule has 1 N–H and O–H groups in total. The van der Waals surface area contributed by atoms with E-state index < -0.39 is 0 Å². The molecular formula is C20H28N4O3S. The molecular weight excluding hydrogens is 376 g/mol. The predicted octanol–water partition coefficient (Wildman–Crippen LogP) is 2.67. The van der Waals surface area contributed by atoms with Gasteiger partial charge in [0.15, 0.2) is 17.5 Å². The molecule has 0 amide bonds. The highest BCUT2D eigenvalue weighted by Crippen LogP contribution is 2.39. The van der Waals surface area contributed by atoms with Crippen molar-refractivity contribution in [3.8, 4) is 17.2 Å². The number of hydrogen-bond donors (Lipinski definition) is 1. The summed E-state index contributed by atoms with van der Waals surface area (Å²) in [5, 5.41) is 6.91. The Kier molecular flexibility index (Phi) is 6.86. The normalized spacial score (nSPS) is 14.8. The van der Waals surface area contributed by atoms with Crippen LogP contribution >= 0.6 is 11.3 Å². The van der Waals surface area contributed by atoms with Gasteiger partial charge in [-0.1, -0.05) is 0 Å². The van der Waals surface area contributed by atoms with Gasteiger partial charge in [-0.3, -0.25) is 4.99 Å². The highest BCUT2D eigenvalue weighted by atomic mass is 32.1. The Hall–Kier alpha value is -2.61. The van der Waals surface area contributed by atoms with E-state index in [1.54, 1.807) is 32.7 Å². The van der Waals surface area contributed by atoms with Gasteiger partial charge in [0.1, 0.15) is 0 Å². The Morgan fingerprint density at radius 1 is 1.04 bits per heavy atom. The SMILES string of the molecule is CN=C(NCc1ccc(OC)c(OC)c1OC)N1CCN(c2cccs2)CC1. The minimum absolute atomic E-state index is 0.585. The predicted molar refractivity (Wildman–Crippen MR) is 114 cm³/mol. The van der Waals surface area contributed by atoms with E-state index in [4.69, 9.17) is 14.2 Å². The van der Waals surface area contributed by atoms with Crippen LogP contribution in [0.4, 0.5) is 5.00 Å². The zero-order chi connectivity index (χ0) is 19.9. The highest BCUT2D eigenvalue weighted by Gasteiger charge is 2.21. The minimum atomic E-state index is 0.585. The fraction of sp³-hybridized carbons (Fsp3) is 0.450. The number of benzene rings is 1. The largest absolute Gasteiger partial charge is 0.493 e. The summed E-state index contributed by atoms with van der Waals surface area (Å²) < 4.78 is 16.4. The molecule has 1 aromatic heterocycles. The van der Waals surface area contributed by atoms with E-state index >= 15 is 0 Å². The number of aliphatic imine (C=N–C) groups is 1. The Morgan fingerprint density at radius 2 is 1.79 bits per heavy atom. The van der Waals surface area contributed by atoms with Crippen LogP contribution in [0, 0.1) is 0 Å². The molecule has 1 aromatic carbocycles. The third-order valence-electron chi connectivity index (χ3n) is 4.83. The van der Waals surface area contributed by atoms with Crippen LogP contribution < -0.4 is 24.4 Å². The van der Waals surface area contributed by atoms with Gasteiger partial charge in [0, 0.05) is 45.3 Å². The van der Waals surface area contributed by atoms with E-state index in [-0.39, 0.29) is 0 Å². The Bertz CT molecular complexity index is 787. The first-order valence-electron chi connectivity index (χ1n) is 9.23. The molecule has 2 heterocycles. The second-order valence-corrected chi connectivity index (χ2v) is 7.25. The average molecular weight is 405 g/mol. The Balaban J connectivity index is 1.63. The summed E-state index contributed by atoms with van der Waals surface area (Å²) in [4.78, 5) is 9.18. The molecule has 3 rings (SSSR count). The Labute approximate surface area is 170 Å². The second kappa shape index (κ2) is 9.54. The van der Waals surface area contributed by atoms with Crippen LogP contribution in [0.25, 0.3) is 0 Å². The molecule has 0 atom stereocenters. The van der Waals surface area contributed by atoms with Gasteiger partial charge in [-0.2, -0.15) is 0 Å². The lowest BCUT2D eigenvalue weighted by Crippen LogP contribution is -2.52. The van der Waals surface area contributed by atoms with Crippen molar-refractivity contribution in [3.05, 3.63) is 35.2 Å². The van der Waals surface area contributed by atoms with Crippen molar-refractivity contribution in [2.45, 2.75) is 6.54 Å². The number of hydrogen-bond acceptors (Lipinski definition) is 6. The van der Waals surface area contributed by atoms with Crippen molar-refractivity contribution in [2.75, 3.05) is 59.5 Å². The molecule has 1 aliphatic rings. The third-order valence-corrected chi connectivity index (χ3v) is 5.76. The number of ether oxygens (including phenoxy) is 3. The number of guanidine groups is 1. The maximum absolute atomic E-state index is 5.57. The minimum Gasteiger partial charge on any atom is -0.493 e. The number of anilines is 1. The van der Waals surface area contributed by atoms with E-state index in [0.29, 0.717) is 23.8 Å². The number of thiophene rings is 1. The van der Waals surface area contributed by atoms with Gasteiger partial charge in [-0.05, 0) is 29.6 Å². The molecule has 2 aromatic rings. The van der Waals surface area contributed by atoms with Crippen LogP contribution in [-0.2, 0) is 6.54 Å². The topological polar surface area (TPSA) is 58.6 Å². The molecule has 0 spiro atoms. The lowest BCUT2D eigenvalue weighted by Gasteiger charge is -2.37. The lowest BCUT2D eigenvalue weighted by atomic mass is 10.1. The van der Waals surface area contributed by atoms with Gasteiger partial charge < -0.3 is 29.3 Å². The smallest absolute Gasteiger partial charge is 0.203 e. The number of rotatable bonds is 6. The monoisotopic (exact) mass is 404 g/mol. The maximum atomic E-state index is 5.57. The molecule has 1 saturated heterocycles. The zero-order valence-corrected chi connectivity index (χ0v) is 17.7. The van der Waals surface area contributed by atoms with Crippen molar-refractivity contribution < 1.29 is 14.2 Å². The third kappa shape index (κ3) is 4.27. The summed E-state index contributed by atoms with van der Waals surface area (Å²) in [7, 11) is 6.69. The van der Waals surface area contributed by atoms with Crippen LogP contribution in [0.2, 0.25) is 0 Å². The summed E-state index contributed by atoms with van der Waals surface area (Å²) in [6.07, 6.45) is 0. The molecule has 0 saturated carbocycles. The summed E-state index contributed by atoms with van der Waals surface area (Å²) >= 11 is 1.79. The maximum Gasteiger partial charge on any atom is 0.203 e. The van der Waals surface area contributed by atoms with Gasteiger partial charge in [0.25, 0.3) is 0 Å². The molecule has 7 nitrogen and oxygen atoms in total. The quantitative estimate of drug-likeness (QED) is 0.590. The van der Waals surface area contributed by atoms with Crippen LogP contribution in [-0.4, -0.2) is 65.4 Å². The lowest BCUT2D eigenvalue weighted by molar-refractivity contribution is 0.321. The Morgan fingerprint density at radius 3 is 2.36 bits per heavy atom. The van der Waals surface area contributed by atoms with Crippen molar-refractivity contribution in [3.63, 3.8) is 0 Å². The van der Waals surface area contributed by atoms with Gasteiger partial charge in [-0.15, -0.1) is 11.3 Å². The average Bonchev–Trinajstić information content (AvgIpc) is 3.28. The number of piperazine rings is 1. The molecule has 8 heteroatoms. The molecule has 0 radical (unpaired) electrons. The van der Waals surface area contributed by atoms with Gasteiger partial charge >= 0.3 is 0 Å². The van der Waals surface area contributed by atoms with Crippen molar-refractivity contribution >= 4 is 22.3 Å². The fourth-order valence-corrected chi connectivity index (χ4v) is 4.18. The van der Waals surface area contributed by atoms with Crippen LogP contribution in [0.1, 0.15) is 5.56 Å². The van der Waals surface area contributed by atoms with Crippen LogP contribution in [0.5, 0.6) is 17.2 Å². The van der Waals surface area contributed by atoms with E-state index in [1.807, 2.05) is 19.2 Å². The first-order chi connectivity index (χ1) is 13.7. The van der Waals surface area contributed by atoms with E-state index in [0.717, 1.165) is 37.7 Å². The van der Waals surface area contributed by atoms with Gasteiger partial charge in [-0.25, -0.2) is 0 Å². The number of methoxy groups -OCH3 is 3.